The summed E-state index contributed by atoms with van der Waals surface area (Å²) in [5, 5.41) is 4.62. The summed E-state index contributed by atoms with van der Waals surface area (Å²) in [5.74, 6) is -0.617. The average Bonchev–Trinajstić information content (AvgIpc) is 3.32. The quantitative estimate of drug-likeness (QED) is 0.419. The molecule has 8 nitrogen and oxygen atoms in total. The number of fused-ring (bicyclic) bond motifs is 1. The molecule has 1 atom stereocenters. The van der Waals surface area contributed by atoms with Crippen LogP contribution in [0, 0.1) is 5.82 Å². The van der Waals surface area contributed by atoms with Crippen LogP contribution in [0.15, 0.2) is 42.9 Å². The summed E-state index contributed by atoms with van der Waals surface area (Å²) < 4.78 is 27.7. The number of anilines is 2. The molecule has 10 heteroatoms. The van der Waals surface area contributed by atoms with Crippen molar-refractivity contribution in [3.63, 3.8) is 0 Å². The number of nitrogens with two attached hydrogens (primary N) is 2. The van der Waals surface area contributed by atoms with E-state index >= 15 is 0 Å². The van der Waals surface area contributed by atoms with E-state index in [0.717, 1.165) is 31.4 Å². The molecule has 0 radical (unpaired) electrons. The Morgan fingerprint density at radius 3 is 2.78 bits per heavy atom. The Morgan fingerprint density at radius 1 is 1.12 bits per heavy atom. The van der Waals surface area contributed by atoms with Gasteiger partial charge in [-0.25, -0.2) is 14.1 Å². The molecule has 2 aromatic heterocycles. The van der Waals surface area contributed by atoms with Gasteiger partial charge in [0, 0.05) is 18.4 Å². The van der Waals surface area contributed by atoms with E-state index in [1.54, 1.807) is 29.2 Å². The Labute approximate surface area is 187 Å². The van der Waals surface area contributed by atoms with E-state index in [2.05, 4.69) is 15.1 Å². The number of halogens is 2. The zero-order valence-electron chi connectivity index (χ0n) is 17.0. The van der Waals surface area contributed by atoms with Gasteiger partial charge in [0.1, 0.15) is 22.5 Å². The van der Waals surface area contributed by atoms with E-state index in [4.69, 9.17) is 32.5 Å². The maximum Gasteiger partial charge on any atom is 0.190 e. The van der Waals surface area contributed by atoms with Crippen molar-refractivity contribution < 1.29 is 13.9 Å². The van der Waals surface area contributed by atoms with Crippen LogP contribution in [-0.2, 0) is 4.74 Å². The summed E-state index contributed by atoms with van der Waals surface area (Å²) in [4.78, 5) is 9.10. The van der Waals surface area contributed by atoms with Gasteiger partial charge in [0.25, 0.3) is 0 Å². The number of nitrogens with zero attached hydrogens (tertiary/aromatic N) is 4. The third-order valence-corrected chi connectivity index (χ3v) is 5.73. The SMILES string of the molecule is Nc1ccc(Oc2ccc3ncc(-c4cnn(C5CCCCO5)c4)nc3c2Cl)c(F)c1N. The molecule has 1 aliphatic rings. The zero-order valence-corrected chi connectivity index (χ0v) is 17.7. The lowest BCUT2D eigenvalue weighted by atomic mass is 10.2. The highest BCUT2D eigenvalue weighted by Gasteiger charge is 2.19. The molecule has 4 N–H and O–H groups in total. The lowest BCUT2D eigenvalue weighted by molar-refractivity contribution is -0.0394. The van der Waals surface area contributed by atoms with E-state index < -0.39 is 5.82 Å². The maximum atomic E-state index is 14.4. The van der Waals surface area contributed by atoms with Gasteiger partial charge in [0.05, 0.1) is 35.0 Å². The average molecular weight is 455 g/mol. The van der Waals surface area contributed by atoms with Crippen LogP contribution in [0.25, 0.3) is 22.3 Å². The van der Waals surface area contributed by atoms with Crippen LogP contribution in [0.3, 0.4) is 0 Å². The molecule has 0 bridgehead atoms. The van der Waals surface area contributed by atoms with Gasteiger partial charge in [-0.1, -0.05) is 11.6 Å². The van der Waals surface area contributed by atoms with Crippen molar-refractivity contribution in [1.82, 2.24) is 19.7 Å². The van der Waals surface area contributed by atoms with Crippen LogP contribution in [0.1, 0.15) is 25.5 Å². The topological polar surface area (TPSA) is 114 Å². The Hall–Kier alpha value is -3.43. The molecule has 1 aliphatic heterocycles. The molecule has 1 unspecified atom stereocenters. The van der Waals surface area contributed by atoms with E-state index in [0.29, 0.717) is 16.7 Å². The Kier molecular flexibility index (Phi) is 5.28. The number of ether oxygens (including phenoxy) is 2. The second-order valence-corrected chi connectivity index (χ2v) is 7.89. The number of nitrogen functional groups attached to an aromatic ring is 2. The molecule has 0 amide bonds. The number of hydrogen-bond donors (Lipinski definition) is 2. The van der Waals surface area contributed by atoms with Crippen molar-refractivity contribution >= 4 is 34.0 Å². The fraction of sp³-hybridized carbons (Fsp3) is 0.227. The smallest absolute Gasteiger partial charge is 0.190 e. The molecule has 32 heavy (non-hydrogen) atoms. The van der Waals surface area contributed by atoms with Crippen LogP contribution in [0.4, 0.5) is 15.8 Å². The second kappa shape index (κ2) is 8.25. The number of aromatic nitrogens is 4. The molecule has 2 aromatic carbocycles. The highest BCUT2D eigenvalue weighted by molar-refractivity contribution is 6.36. The minimum atomic E-state index is -0.752. The normalized spacial score (nSPS) is 16.4. The van der Waals surface area contributed by atoms with Crippen molar-refractivity contribution in [2.24, 2.45) is 0 Å². The van der Waals surface area contributed by atoms with Gasteiger partial charge in [-0.2, -0.15) is 5.10 Å². The first kappa shape index (κ1) is 20.5. The van der Waals surface area contributed by atoms with Crippen LogP contribution < -0.4 is 16.2 Å². The lowest BCUT2D eigenvalue weighted by Crippen LogP contribution is -2.18. The van der Waals surface area contributed by atoms with E-state index in [-0.39, 0.29) is 34.1 Å². The van der Waals surface area contributed by atoms with Crippen LogP contribution in [0.2, 0.25) is 5.02 Å². The van der Waals surface area contributed by atoms with Crippen molar-refractivity contribution in [2.75, 3.05) is 18.1 Å². The number of benzene rings is 2. The fourth-order valence-electron chi connectivity index (χ4n) is 3.59. The minimum Gasteiger partial charge on any atom is -0.453 e. The Balaban J connectivity index is 1.48. The van der Waals surface area contributed by atoms with Crippen LogP contribution in [0.5, 0.6) is 11.5 Å². The van der Waals surface area contributed by atoms with E-state index in [1.165, 1.54) is 12.1 Å². The predicted octanol–water partition coefficient (Wildman–Crippen LogP) is 4.94. The molecule has 164 valence electrons. The van der Waals surface area contributed by atoms with Gasteiger partial charge in [-0.15, -0.1) is 0 Å². The summed E-state index contributed by atoms with van der Waals surface area (Å²) in [6, 6.07) is 6.16. The van der Waals surface area contributed by atoms with Crippen molar-refractivity contribution in [3.05, 3.63) is 53.7 Å². The zero-order chi connectivity index (χ0) is 22.2. The third-order valence-electron chi connectivity index (χ3n) is 5.36. The van der Waals surface area contributed by atoms with Gasteiger partial charge >= 0.3 is 0 Å². The molecule has 4 aromatic rings. The molecule has 1 saturated heterocycles. The Morgan fingerprint density at radius 2 is 1.97 bits per heavy atom. The Bertz CT molecular complexity index is 1310. The molecular weight excluding hydrogens is 435 g/mol. The summed E-state index contributed by atoms with van der Waals surface area (Å²) in [6.07, 6.45) is 8.27. The van der Waals surface area contributed by atoms with Gasteiger partial charge in [-0.3, -0.25) is 4.98 Å². The van der Waals surface area contributed by atoms with Gasteiger partial charge in [0.15, 0.2) is 11.6 Å². The van der Waals surface area contributed by atoms with Crippen LogP contribution in [-0.4, -0.2) is 26.4 Å². The molecule has 5 rings (SSSR count). The lowest BCUT2D eigenvalue weighted by Gasteiger charge is -2.22. The van der Waals surface area contributed by atoms with Gasteiger partial charge in [0.2, 0.25) is 0 Å². The van der Waals surface area contributed by atoms with E-state index in [9.17, 15) is 4.39 Å². The summed E-state index contributed by atoms with van der Waals surface area (Å²) in [6.45, 7) is 0.730. The molecule has 1 fully saturated rings. The molecule has 0 spiro atoms. The summed E-state index contributed by atoms with van der Waals surface area (Å²) in [7, 11) is 0. The minimum absolute atomic E-state index is 0.0725. The summed E-state index contributed by atoms with van der Waals surface area (Å²) in [5.41, 5.74) is 13.6. The van der Waals surface area contributed by atoms with E-state index in [1.807, 2.05) is 6.20 Å². The number of hydrogen-bond acceptors (Lipinski definition) is 7. The number of rotatable bonds is 4. The van der Waals surface area contributed by atoms with Crippen molar-refractivity contribution in [2.45, 2.75) is 25.5 Å². The fourth-order valence-corrected chi connectivity index (χ4v) is 3.83. The van der Waals surface area contributed by atoms with Gasteiger partial charge in [-0.05, 0) is 43.5 Å². The predicted molar refractivity (Wildman–Crippen MR) is 120 cm³/mol. The maximum absolute atomic E-state index is 14.4. The van der Waals surface area contributed by atoms with Gasteiger partial charge < -0.3 is 20.9 Å². The van der Waals surface area contributed by atoms with Crippen molar-refractivity contribution in [1.29, 1.82) is 0 Å². The highest BCUT2D eigenvalue weighted by atomic mass is 35.5. The van der Waals surface area contributed by atoms with Crippen molar-refractivity contribution in [3.8, 4) is 22.8 Å². The summed E-state index contributed by atoms with van der Waals surface area (Å²) >= 11 is 6.55. The first-order chi connectivity index (χ1) is 15.5. The first-order valence-electron chi connectivity index (χ1n) is 10.1. The van der Waals surface area contributed by atoms with Crippen LogP contribution >= 0.6 is 11.6 Å². The molecule has 0 aliphatic carbocycles. The molecule has 3 heterocycles. The first-order valence-corrected chi connectivity index (χ1v) is 10.5. The highest BCUT2D eigenvalue weighted by Crippen LogP contribution is 2.37. The molecular formula is C22H20ClFN6O2. The molecule has 0 saturated carbocycles. The second-order valence-electron chi connectivity index (χ2n) is 7.51. The largest absolute Gasteiger partial charge is 0.453 e. The standard InChI is InChI=1S/C22H20ClFN6O2/c23-19-16(32-17-6-4-13(25)21(26)20(17)24)7-5-14-22(19)29-15(10-27-14)12-9-28-30(11-12)18-3-1-2-8-31-18/h4-7,9-11,18H,1-3,8,25-26H2. The third kappa shape index (κ3) is 3.69. The monoisotopic (exact) mass is 454 g/mol.